The number of anilines is 1. The Labute approximate surface area is 185 Å². The molecule has 0 aromatic heterocycles. The van der Waals surface area contributed by atoms with Crippen LogP contribution in [0.4, 0.5) is 11.4 Å². The smallest absolute Gasteiger partial charge is 0.286 e. The molecular formula is C22H26N4O6. The van der Waals surface area contributed by atoms with Crippen LogP contribution in [0.1, 0.15) is 35.7 Å². The number of benzene rings is 2. The monoisotopic (exact) mass is 442 g/mol. The highest BCUT2D eigenvalue weighted by Gasteiger charge is 2.29. The number of rotatable bonds is 9. The summed E-state index contributed by atoms with van der Waals surface area (Å²) in [5.74, 6) is -0.576. The van der Waals surface area contributed by atoms with Gasteiger partial charge in [0.25, 0.3) is 11.6 Å². The predicted molar refractivity (Wildman–Crippen MR) is 118 cm³/mol. The van der Waals surface area contributed by atoms with Gasteiger partial charge in [-0.2, -0.15) is 0 Å². The summed E-state index contributed by atoms with van der Waals surface area (Å²) in [7, 11) is 1.40. The van der Waals surface area contributed by atoms with Gasteiger partial charge in [-0.25, -0.2) is 0 Å². The molecule has 1 saturated heterocycles. The predicted octanol–water partition coefficient (Wildman–Crippen LogP) is 2.70. The van der Waals surface area contributed by atoms with Crippen molar-refractivity contribution in [1.29, 1.82) is 0 Å². The van der Waals surface area contributed by atoms with Crippen LogP contribution >= 0.6 is 0 Å². The van der Waals surface area contributed by atoms with Crippen LogP contribution in [0.15, 0.2) is 36.4 Å². The summed E-state index contributed by atoms with van der Waals surface area (Å²) in [5, 5.41) is 14.3. The molecule has 10 heteroatoms. The van der Waals surface area contributed by atoms with Crippen molar-refractivity contribution < 1.29 is 24.0 Å². The Balaban J connectivity index is 1.82. The second-order valence-electron chi connectivity index (χ2n) is 7.40. The van der Waals surface area contributed by atoms with Crippen molar-refractivity contribution in [2.24, 2.45) is 5.73 Å². The lowest BCUT2D eigenvalue weighted by molar-refractivity contribution is -0.385. The number of ether oxygens (including phenoxy) is 2. The minimum Gasteiger partial charge on any atom is -0.493 e. The molecule has 0 spiro atoms. The first-order valence-electron chi connectivity index (χ1n) is 10.3. The van der Waals surface area contributed by atoms with Gasteiger partial charge in [-0.05, 0) is 44.0 Å². The number of nitro benzene ring substituents is 1. The molecule has 3 N–H and O–H groups in total. The second kappa shape index (κ2) is 10.1. The first-order valence-corrected chi connectivity index (χ1v) is 10.3. The Hall–Kier alpha value is -3.66. The van der Waals surface area contributed by atoms with Gasteiger partial charge in [-0.15, -0.1) is 0 Å². The van der Waals surface area contributed by atoms with Crippen LogP contribution < -0.4 is 20.5 Å². The normalized spacial score (nSPS) is 15.9. The fourth-order valence-corrected chi connectivity index (χ4v) is 3.83. The van der Waals surface area contributed by atoms with Crippen LogP contribution in [0.2, 0.25) is 0 Å². The molecule has 0 bridgehead atoms. The molecule has 1 aliphatic heterocycles. The molecule has 1 unspecified atom stereocenters. The van der Waals surface area contributed by atoms with Crippen LogP contribution in [0.5, 0.6) is 11.5 Å². The molecule has 0 saturated carbocycles. The lowest BCUT2D eigenvalue weighted by atomic mass is 10.1. The minimum absolute atomic E-state index is 0.144. The summed E-state index contributed by atoms with van der Waals surface area (Å²) in [6.07, 6.45) is 1.63. The third kappa shape index (κ3) is 5.14. The maximum atomic E-state index is 12.9. The van der Waals surface area contributed by atoms with E-state index in [0.29, 0.717) is 18.8 Å². The molecule has 0 radical (unpaired) electrons. The number of nitrogens with zero attached hydrogens (tertiary/aromatic N) is 2. The van der Waals surface area contributed by atoms with E-state index in [1.807, 2.05) is 11.0 Å². The van der Waals surface area contributed by atoms with Gasteiger partial charge in [0, 0.05) is 18.3 Å². The Morgan fingerprint density at radius 1 is 1.28 bits per heavy atom. The number of primary amides is 1. The lowest BCUT2D eigenvalue weighted by Crippen LogP contribution is -2.39. The van der Waals surface area contributed by atoms with Crippen molar-refractivity contribution in [3.05, 3.63) is 57.6 Å². The van der Waals surface area contributed by atoms with E-state index in [-0.39, 0.29) is 34.7 Å². The first kappa shape index (κ1) is 23.0. The van der Waals surface area contributed by atoms with Crippen LogP contribution in [0.3, 0.4) is 0 Å². The first-order chi connectivity index (χ1) is 15.3. The molecular weight excluding hydrogens is 416 g/mol. The Kier molecular flexibility index (Phi) is 7.26. The number of hydrogen-bond acceptors (Lipinski definition) is 7. The van der Waals surface area contributed by atoms with Crippen LogP contribution in [0, 0.1) is 10.1 Å². The van der Waals surface area contributed by atoms with Gasteiger partial charge in [-0.1, -0.05) is 12.1 Å². The Bertz CT molecular complexity index is 1030. The van der Waals surface area contributed by atoms with Gasteiger partial charge in [-0.3, -0.25) is 24.6 Å². The van der Waals surface area contributed by atoms with Gasteiger partial charge < -0.3 is 20.5 Å². The van der Waals surface area contributed by atoms with Gasteiger partial charge >= 0.3 is 0 Å². The zero-order valence-corrected chi connectivity index (χ0v) is 18.0. The average molecular weight is 442 g/mol. The van der Waals surface area contributed by atoms with E-state index >= 15 is 0 Å². The summed E-state index contributed by atoms with van der Waals surface area (Å²) in [5.41, 5.74) is 6.31. The highest BCUT2D eigenvalue weighted by molar-refractivity contribution is 6.07. The van der Waals surface area contributed by atoms with Gasteiger partial charge in [0.05, 0.1) is 30.7 Å². The molecule has 2 amide bonds. The summed E-state index contributed by atoms with van der Waals surface area (Å²) in [4.78, 5) is 37.4. The molecule has 1 heterocycles. The zero-order chi connectivity index (χ0) is 23.3. The maximum Gasteiger partial charge on any atom is 0.286 e. The van der Waals surface area contributed by atoms with Crippen molar-refractivity contribution in [1.82, 2.24) is 4.90 Å². The Morgan fingerprint density at radius 3 is 2.72 bits per heavy atom. The highest BCUT2D eigenvalue weighted by Crippen LogP contribution is 2.35. The Morgan fingerprint density at radius 2 is 2.06 bits per heavy atom. The van der Waals surface area contributed by atoms with Crippen molar-refractivity contribution in [3.63, 3.8) is 0 Å². The quantitative estimate of drug-likeness (QED) is 0.450. The van der Waals surface area contributed by atoms with E-state index in [1.54, 1.807) is 25.1 Å². The minimum atomic E-state index is -0.647. The van der Waals surface area contributed by atoms with Crippen molar-refractivity contribution in [2.45, 2.75) is 32.4 Å². The molecule has 170 valence electrons. The number of carbonyl (C=O) groups excluding carboxylic acids is 2. The van der Waals surface area contributed by atoms with E-state index in [4.69, 9.17) is 15.2 Å². The SMILES string of the molecule is CCOc1cc([N+](=O)[O-])c(C(=O)Nc2cccc(CN3CCCC3C(N)=O)c2)cc1OC. The summed E-state index contributed by atoms with van der Waals surface area (Å²) >= 11 is 0. The molecule has 1 aliphatic rings. The molecule has 2 aromatic carbocycles. The zero-order valence-electron chi connectivity index (χ0n) is 18.0. The van der Waals surface area contributed by atoms with E-state index in [0.717, 1.165) is 24.9 Å². The van der Waals surface area contributed by atoms with Crippen LogP contribution in [-0.2, 0) is 11.3 Å². The third-order valence-electron chi connectivity index (χ3n) is 5.29. The number of carbonyl (C=O) groups is 2. The summed E-state index contributed by atoms with van der Waals surface area (Å²) < 4.78 is 10.6. The molecule has 1 atom stereocenters. The highest BCUT2D eigenvalue weighted by atomic mass is 16.6. The van der Waals surface area contributed by atoms with Crippen molar-refractivity contribution in [2.75, 3.05) is 25.6 Å². The number of methoxy groups -OCH3 is 1. The largest absolute Gasteiger partial charge is 0.493 e. The molecule has 1 fully saturated rings. The van der Waals surface area contributed by atoms with Gasteiger partial charge in [0.1, 0.15) is 5.56 Å². The number of likely N-dealkylation sites (tertiary alicyclic amines) is 1. The summed E-state index contributed by atoms with van der Waals surface area (Å²) in [6, 6.07) is 9.30. The van der Waals surface area contributed by atoms with Gasteiger partial charge in [0.2, 0.25) is 5.91 Å². The standard InChI is InChI=1S/C22H26N4O6/c1-3-32-20-12-18(26(29)30)16(11-19(20)31-2)22(28)24-15-7-4-6-14(10-15)13-25-9-5-8-17(25)21(23)27/h4,6-7,10-12,17H,3,5,8-9,13H2,1-2H3,(H2,23,27)(H,24,28). The average Bonchev–Trinajstić information content (AvgIpc) is 3.22. The van der Waals surface area contributed by atoms with Crippen molar-refractivity contribution >= 4 is 23.2 Å². The molecule has 3 rings (SSSR count). The summed E-state index contributed by atoms with van der Waals surface area (Å²) in [6.45, 7) is 3.31. The van der Waals surface area contributed by atoms with Crippen molar-refractivity contribution in [3.8, 4) is 11.5 Å². The van der Waals surface area contributed by atoms with E-state index in [1.165, 1.54) is 19.2 Å². The molecule has 32 heavy (non-hydrogen) atoms. The number of nitrogens with two attached hydrogens (primary N) is 1. The fraction of sp³-hybridized carbons (Fsp3) is 0.364. The van der Waals surface area contributed by atoms with E-state index < -0.39 is 10.8 Å². The molecule has 0 aliphatic carbocycles. The van der Waals surface area contributed by atoms with Gasteiger partial charge in [0.15, 0.2) is 11.5 Å². The number of amides is 2. The molecule has 10 nitrogen and oxygen atoms in total. The van der Waals surface area contributed by atoms with E-state index in [2.05, 4.69) is 5.32 Å². The number of nitro groups is 1. The lowest BCUT2D eigenvalue weighted by Gasteiger charge is -2.22. The third-order valence-corrected chi connectivity index (χ3v) is 5.29. The number of nitrogens with one attached hydrogen (secondary N) is 1. The maximum absolute atomic E-state index is 12.9. The topological polar surface area (TPSA) is 137 Å². The van der Waals surface area contributed by atoms with Crippen LogP contribution in [-0.4, -0.2) is 47.9 Å². The molecule has 2 aromatic rings. The number of hydrogen-bond donors (Lipinski definition) is 2. The van der Waals surface area contributed by atoms with E-state index in [9.17, 15) is 19.7 Å². The fourth-order valence-electron chi connectivity index (χ4n) is 3.83. The van der Waals surface area contributed by atoms with Crippen LogP contribution in [0.25, 0.3) is 0 Å². The second-order valence-corrected chi connectivity index (χ2v) is 7.40.